The van der Waals surface area contributed by atoms with Crippen LogP contribution in [0, 0.1) is 0 Å². The molecule has 2 aromatic heterocycles. The third-order valence-corrected chi connectivity index (χ3v) is 10.0. The van der Waals surface area contributed by atoms with Crippen molar-refractivity contribution in [2.24, 2.45) is 0 Å². The van der Waals surface area contributed by atoms with Crippen molar-refractivity contribution in [2.45, 2.75) is 0 Å². The Balaban J connectivity index is 1.03. The molecule has 0 bridgehead atoms. The largest absolute Gasteiger partial charge is 0.309 e. The van der Waals surface area contributed by atoms with Crippen LogP contribution in [0.3, 0.4) is 0 Å². The molecule has 0 atom stereocenters. The quantitative estimate of drug-likeness (QED) is 0.166. The van der Waals surface area contributed by atoms with Crippen molar-refractivity contribution in [3.05, 3.63) is 206 Å². The SMILES string of the molecule is [2H]c1c([2H])c([2H])c2c(c1[2H])c1cc(-c3cccc(-c4ccccc4)c3)ccc1n2-c1ccc(-c2ccc(-c3nc(-c4ccccc4)nc(-c4ccccc4)n3)cc2)cc1. The molecular formula is C51H34N4. The smallest absolute Gasteiger partial charge is 0.164 e. The van der Waals surface area contributed by atoms with E-state index in [0.29, 0.717) is 28.4 Å². The van der Waals surface area contributed by atoms with Crippen LogP contribution in [0.5, 0.6) is 0 Å². The fourth-order valence-electron chi connectivity index (χ4n) is 7.23. The number of aromatic nitrogens is 4. The Labute approximate surface area is 325 Å². The van der Waals surface area contributed by atoms with E-state index in [0.717, 1.165) is 66.7 Å². The first-order valence-electron chi connectivity index (χ1n) is 20.2. The molecule has 4 nitrogen and oxygen atoms in total. The fourth-order valence-corrected chi connectivity index (χ4v) is 7.23. The third kappa shape index (κ3) is 6.16. The molecule has 0 unspecified atom stereocenters. The predicted molar refractivity (Wildman–Crippen MR) is 227 cm³/mol. The first-order valence-corrected chi connectivity index (χ1v) is 18.2. The van der Waals surface area contributed by atoms with E-state index in [4.69, 9.17) is 20.4 Å². The van der Waals surface area contributed by atoms with E-state index in [1.54, 1.807) is 0 Å². The number of rotatable bonds is 7. The number of para-hydroxylation sites is 1. The van der Waals surface area contributed by atoms with E-state index in [1.807, 2.05) is 138 Å². The first-order chi connectivity index (χ1) is 28.9. The highest BCUT2D eigenvalue weighted by Crippen LogP contribution is 2.36. The van der Waals surface area contributed by atoms with Crippen molar-refractivity contribution in [1.29, 1.82) is 0 Å². The van der Waals surface area contributed by atoms with Gasteiger partial charge in [-0.05, 0) is 69.8 Å². The molecule has 10 rings (SSSR count). The fraction of sp³-hybridized carbons (Fsp3) is 0. The summed E-state index contributed by atoms with van der Waals surface area (Å²) in [5, 5.41) is 1.26. The van der Waals surface area contributed by atoms with Crippen molar-refractivity contribution in [3.8, 4) is 73.2 Å². The van der Waals surface area contributed by atoms with Crippen LogP contribution in [0.15, 0.2) is 206 Å². The Morgan fingerprint density at radius 1 is 0.327 bits per heavy atom. The van der Waals surface area contributed by atoms with Crippen molar-refractivity contribution < 1.29 is 5.48 Å². The number of nitrogens with zero attached hydrogens (tertiary/aromatic N) is 4. The van der Waals surface area contributed by atoms with Gasteiger partial charge in [-0.3, -0.25) is 0 Å². The number of hydrogen-bond donors (Lipinski definition) is 0. The van der Waals surface area contributed by atoms with Gasteiger partial charge in [0, 0.05) is 33.2 Å². The zero-order valence-corrected chi connectivity index (χ0v) is 29.6. The Kier molecular flexibility index (Phi) is 7.08. The number of fused-ring (bicyclic) bond motifs is 3. The van der Waals surface area contributed by atoms with Gasteiger partial charge in [0.1, 0.15) is 0 Å². The molecule has 0 N–H and O–H groups in total. The first kappa shape index (κ1) is 28.1. The van der Waals surface area contributed by atoms with Crippen molar-refractivity contribution >= 4 is 21.8 Å². The summed E-state index contributed by atoms with van der Waals surface area (Å²) < 4.78 is 37.2. The predicted octanol–water partition coefficient (Wildman–Crippen LogP) is 13.0. The summed E-state index contributed by atoms with van der Waals surface area (Å²) in [4.78, 5) is 14.6. The molecule has 0 radical (unpaired) electrons. The zero-order valence-electron chi connectivity index (χ0n) is 33.6. The van der Waals surface area contributed by atoms with Crippen LogP contribution < -0.4 is 0 Å². The summed E-state index contributed by atoms with van der Waals surface area (Å²) in [7, 11) is 0. The van der Waals surface area contributed by atoms with Crippen LogP contribution in [0.2, 0.25) is 0 Å². The molecule has 0 aliphatic heterocycles. The molecule has 258 valence electrons. The summed E-state index contributed by atoms with van der Waals surface area (Å²) >= 11 is 0. The molecule has 0 aliphatic carbocycles. The minimum atomic E-state index is -0.260. The van der Waals surface area contributed by atoms with Gasteiger partial charge in [-0.2, -0.15) is 0 Å². The van der Waals surface area contributed by atoms with Crippen molar-refractivity contribution in [1.82, 2.24) is 19.5 Å². The molecule has 0 aliphatic rings. The third-order valence-electron chi connectivity index (χ3n) is 10.0. The Morgan fingerprint density at radius 2 is 0.745 bits per heavy atom. The molecule has 8 aromatic carbocycles. The van der Waals surface area contributed by atoms with E-state index in [-0.39, 0.29) is 24.2 Å². The maximum atomic E-state index is 9.06. The van der Waals surface area contributed by atoms with Crippen LogP contribution in [-0.2, 0) is 0 Å². The average Bonchev–Trinajstić information content (AvgIpc) is 3.66. The van der Waals surface area contributed by atoms with Gasteiger partial charge in [0.25, 0.3) is 0 Å². The summed E-state index contributed by atoms with van der Waals surface area (Å²) in [5.74, 6) is 1.80. The number of hydrogen-bond acceptors (Lipinski definition) is 3. The van der Waals surface area contributed by atoms with Crippen molar-refractivity contribution in [2.75, 3.05) is 0 Å². The van der Waals surface area contributed by atoms with Crippen LogP contribution in [0.4, 0.5) is 0 Å². The lowest BCUT2D eigenvalue weighted by Crippen LogP contribution is -2.00. The molecule has 10 aromatic rings. The molecule has 55 heavy (non-hydrogen) atoms. The van der Waals surface area contributed by atoms with Crippen LogP contribution in [0.1, 0.15) is 5.48 Å². The zero-order chi connectivity index (χ0) is 40.0. The molecular weight excluding hydrogens is 669 g/mol. The molecule has 0 spiro atoms. The van der Waals surface area contributed by atoms with E-state index >= 15 is 0 Å². The lowest BCUT2D eigenvalue weighted by Gasteiger charge is -2.11. The minimum absolute atomic E-state index is 0.0541. The standard InChI is InChI=1S/C51H34N4/c1-4-13-35(14-5-1)41-19-12-20-42(33-41)43-29-32-48-46(34-43)45-21-10-11-22-47(45)55(48)44-30-27-37(28-31-44)36-23-25-40(26-24-36)51-53-49(38-15-6-2-7-16-38)52-50(54-51)39-17-8-3-9-18-39/h1-34H/i10D,11D,21D,22D. The Morgan fingerprint density at radius 3 is 1.35 bits per heavy atom. The van der Waals surface area contributed by atoms with Gasteiger partial charge in [-0.25, -0.2) is 15.0 Å². The van der Waals surface area contributed by atoms with Crippen molar-refractivity contribution in [3.63, 3.8) is 0 Å². The highest BCUT2D eigenvalue weighted by molar-refractivity contribution is 6.10. The van der Waals surface area contributed by atoms with Crippen LogP contribution >= 0.6 is 0 Å². The molecule has 2 heterocycles. The van der Waals surface area contributed by atoms with Gasteiger partial charge in [-0.15, -0.1) is 0 Å². The van der Waals surface area contributed by atoms with E-state index < -0.39 is 0 Å². The van der Waals surface area contributed by atoms with E-state index in [2.05, 4.69) is 48.5 Å². The number of benzene rings is 8. The van der Waals surface area contributed by atoms with Gasteiger partial charge in [0.2, 0.25) is 0 Å². The summed E-state index contributed by atoms with van der Waals surface area (Å²) in [6.07, 6.45) is 0. The lowest BCUT2D eigenvalue weighted by molar-refractivity contribution is 1.07. The van der Waals surface area contributed by atoms with Gasteiger partial charge < -0.3 is 4.57 Å². The Hall–Kier alpha value is -7.43. The highest BCUT2D eigenvalue weighted by Gasteiger charge is 2.15. The summed E-state index contributed by atoms with van der Waals surface area (Å²) in [6.45, 7) is 0. The van der Waals surface area contributed by atoms with Gasteiger partial charge in [0.05, 0.1) is 16.5 Å². The summed E-state index contributed by atoms with van der Waals surface area (Å²) in [5.41, 5.74) is 10.9. The topological polar surface area (TPSA) is 43.6 Å². The second-order valence-corrected chi connectivity index (χ2v) is 13.4. The molecule has 4 heteroatoms. The normalized spacial score (nSPS) is 12.3. The second kappa shape index (κ2) is 13.8. The molecule has 0 fully saturated rings. The monoisotopic (exact) mass is 706 g/mol. The lowest BCUT2D eigenvalue weighted by atomic mass is 9.98. The highest BCUT2D eigenvalue weighted by atomic mass is 15.0. The van der Waals surface area contributed by atoms with Crippen LogP contribution in [-0.4, -0.2) is 19.5 Å². The summed E-state index contributed by atoms with van der Waals surface area (Å²) in [6, 6.07) is 60.2. The minimum Gasteiger partial charge on any atom is -0.309 e. The maximum absolute atomic E-state index is 9.06. The maximum Gasteiger partial charge on any atom is 0.164 e. The van der Waals surface area contributed by atoms with Crippen LogP contribution in [0.25, 0.3) is 95.0 Å². The molecule has 0 saturated heterocycles. The van der Waals surface area contributed by atoms with Gasteiger partial charge in [0.15, 0.2) is 17.5 Å². The molecule has 0 amide bonds. The average molecular weight is 707 g/mol. The molecule has 0 saturated carbocycles. The van der Waals surface area contributed by atoms with Gasteiger partial charge in [-0.1, -0.05) is 170 Å². The van der Waals surface area contributed by atoms with E-state index in [9.17, 15) is 0 Å². The van der Waals surface area contributed by atoms with Gasteiger partial charge >= 0.3 is 0 Å². The Bertz CT molecular complexity index is 3110. The van der Waals surface area contributed by atoms with E-state index in [1.165, 1.54) is 0 Å². The second-order valence-electron chi connectivity index (χ2n) is 13.4.